The number of hydrogen-bond acceptors (Lipinski definition) is 9. The second kappa shape index (κ2) is 28.0. The van der Waals surface area contributed by atoms with E-state index in [0.29, 0.717) is 52.8 Å². The van der Waals surface area contributed by atoms with Gasteiger partial charge < -0.3 is 33.5 Å². The molecule has 0 amide bonds. The first-order chi connectivity index (χ1) is 53.0. The highest BCUT2D eigenvalue weighted by Gasteiger charge is 2.70. The molecule has 0 radical (unpaired) electrons. The predicted molar refractivity (Wildman–Crippen MR) is 434 cm³/mol. The number of aromatic hydroxyl groups is 1. The van der Waals surface area contributed by atoms with E-state index in [1.807, 2.05) is 12.1 Å². The van der Waals surface area contributed by atoms with Crippen molar-refractivity contribution >= 4 is 11.6 Å². The molecule has 0 bridgehead atoms. The molecule has 15 aliphatic carbocycles. The highest BCUT2D eigenvalue weighted by Crippen LogP contribution is 2.71. The molecule has 3 heterocycles. The van der Waals surface area contributed by atoms with E-state index < -0.39 is 5.79 Å². The van der Waals surface area contributed by atoms with Crippen molar-refractivity contribution in [3.05, 3.63) is 181 Å². The fourth-order valence-electron chi connectivity index (χ4n) is 30.5. The van der Waals surface area contributed by atoms with Crippen molar-refractivity contribution in [2.24, 2.45) is 92.2 Å². The lowest BCUT2D eigenvalue weighted by molar-refractivity contribution is -0.255. The minimum absolute atomic E-state index is 0.0172. The first kappa shape index (κ1) is 74.8. The third kappa shape index (κ3) is 11.6. The Kier molecular flexibility index (Phi) is 19.0. The van der Waals surface area contributed by atoms with Crippen LogP contribution in [0.5, 0.6) is 5.75 Å². The fourth-order valence-corrected chi connectivity index (χ4v) is 30.5. The first-order valence-corrected chi connectivity index (χ1v) is 44.8. The van der Waals surface area contributed by atoms with Crippen LogP contribution in [0.3, 0.4) is 0 Å². The van der Waals surface area contributed by atoms with Crippen LogP contribution in [0.2, 0.25) is 0 Å². The van der Waals surface area contributed by atoms with Crippen LogP contribution < -0.4 is 0 Å². The lowest BCUT2D eigenvalue weighted by Crippen LogP contribution is -2.53. The van der Waals surface area contributed by atoms with Crippen molar-refractivity contribution in [2.45, 2.75) is 290 Å². The van der Waals surface area contributed by atoms with E-state index in [4.69, 9.17) is 28.4 Å². The molecule has 5 aromatic rings. The number of ether oxygens (including phenoxy) is 6. The summed E-state index contributed by atoms with van der Waals surface area (Å²) in [6.07, 6.45) is 36.9. The normalized spacial score (nSPS) is 40.4. The van der Waals surface area contributed by atoms with E-state index >= 15 is 0 Å². The van der Waals surface area contributed by atoms with Crippen LogP contribution in [0.4, 0.5) is 0 Å². The minimum atomic E-state index is -0.434. The second-order valence-corrected chi connectivity index (χ2v) is 40.6. The zero-order valence-corrected chi connectivity index (χ0v) is 68.6. The number of phenolic OH excluding ortho intramolecular Hbond substituents is 1. The van der Waals surface area contributed by atoms with E-state index in [-0.39, 0.29) is 38.6 Å². The van der Waals surface area contributed by atoms with Crippen LogP contribution in [0.15, 0.2) is 103 Å². The van der Waals surface area contributed by atoms with Crippen molar-refractivity contribution in [1.29, 1.82) is 0 Å². The lowest BCUT2D eigenvalue weighted by Gasteiger charge is -2.53. The summed E-state index contributed by atoms with van der Waals surface area (Å²) in [6, 6.07) is 34.4. The van der Waals surface area contributed by atoms with Crippen LogP contribution in [-0.2, 0) is 70.1 Å². The van der Waals surface area contributed by atoms with Crippen molar-refractivity contribution < 1.29 is 43.1 Å². The van der Waals surface area contributed by atoms with Gasteiger partial charge in [-0.25, -0.2) is 0 Å². The molecule has 23 rings (SSSR count). The lowest BCUT2D eigenvalue weighted by atomic mass is 9.54. The number of carbonyl (C=O) groups is 2. The zero-order chi connectivity index (χ0) is 75.7. The molecule has 588 valence electrons. The molecule has 5 aromatic carbocycles. The Hall–Kier alpha value is -5.26. The SMILES string of the molecule is C[C@]12CCC3c4ccc(O)cc4CCC3C1CCC2=O.Cc1ccc2c(c1)CCC1C2CC[C@@]2(C)C1C=CC21OCCO1.Cc1ccc2c(c1)CCC1C2CC[C@@]2(C)C1CC(C)C21OCCO1.Cc1ccc2c(c1)CCC1C2CC[C@@]2(C)C1CCC21OCCO1.Cc1ccc2c(c1)CCC1C2CC[C@]2(C)C(=O)CCC12. The summed E-state index contributed by atoms with van der Waals surface area (Å²) < 4.78 is 37.4. The second-order valence-electron chi connectivity index (χ2n) is 40.6. The van der Waals surface area contributed by atoms with Crippen molar-refractivity contribution in [3.63, 3.8) is 0 Å². The molecule has 18 aliphatic rings. The summed E-state index contributed by atoms with van der Waals surface area (Å²) in [5.74, 6) is 11.8. The molecule has 3 aliphatic heterocycles. The van der Waals surface area contributed by atoms with Gasteiger partial charge in [0.1, 0.15) is 17.3 Å². The molecule has 21 atom stereocenters. The Morgan fingerprint density at radius 1 is 0.355 bits per heavy atom. The Morgan fingerprint density at radius 3 is 1.20 bits per heavy atom. The molecule has 3 saturated heterocycles. The monoisotopic (exact) mass is 1490 g/mol. The predicted octanol–water partition coefficient (Wildman–Crippen LogP) is 22.0. The van der Waals surface area contributed by atoms with Crippen LogP contribution in [0.25, 0.3) is 0 Å². The van der Waals surface area contributed by atoms with Gasteiger partial charge >= 0.3 is 0 Å². The maximum atomic E-state index is 12.3. The molecule has 1 N–H and O–H groups in total. The minimum Gasteiger partial charge on any atom is -0.508 e. The van der Waals surface area contributed by atoms with E-state index in [2.05, 4.69) is 160 Å². The Labute approximate surface area is 659 Å². The van der Waals surface area contributed by atoms with Gasteiger partial charge in [0.25, 0.3) is 0 Å². The van der Waals surface area contributed by atoms with Gasteiger partial charge in [-0.2, -0.15) is 0 Å². The number of phenols is 1. The average molecular weight is 1490 g/mol. The maximum absolute atomic E-state index is 12.3. The maximum Gasteiger partial charge on any atom is 0.193 e. The molecular weight excluding hydrogens is 1360 g/mol. The summed E-state index contributed by atoms with van der Waals surface area (Å²) in [5.41, 5.74) is 21.9. The number of allylic oxidation sites excluding steroid dienone is 1. The summed E-state index contributed by atoms with van der Waals surface area (Å²) in [7, 11) is 0. The van der Waals surface area contributed by atoms with E-state index in [1.54, 1.807) is 44.5 Å². The van der Waals surface area contributed by atoms with Gasteiger partial charge in [0.05, 0.1) is 39.6 Å². The van der Waals surface area contributed by atoms with Crippen LogP contribution in [0.1, 0.15) is 290 Å². The van der Waals surface area contributed by atoms with Gasteiger partial charge in [0.15, 0.2) is 17.4 Å². The highest BCUT2D eigenvalue weighted by atomic mass is 16.8. The molecule has 0 aromatic heterocycles. The number of rotatable bonds is 0. The molecule has 9 heteroatoms. The number of fused-ring (bicyclic) bond motifs is 28. The number of carbonyl (C=O) groups excluding carboxylic acids is 2. The zero-order valence-electron chi connectivity index (χ0n) is 68.6. The van der Waals surface area contributed by atoms with Crippen LogP contribution in [0, 0.1) is 120 Å². The van der Waals surface area contributed by atoms with E-state index in [0.717, 1.165) is 157 Å². The summed E-state index contributed by atoms with van der Waals surface area (Å²) in [4.78, 5) is 24.6. The standard InChI is InChI=1S/C22H30O2.C21H28O2.C21H26O2.C19H24O.C18H22O2/c1-14-4-6-17-16(12-14)5-7-19-18(17)8-9-21(3)20(19)13-15(2)22(21)23-10-11-24-22;2*1-14-3-5-16-15(13-14)4-6-18-17(16)7-9-20(2)19(18)8-10-21(20)22-11-12-23-21;1-12-3-5-14-13(11-12)4-6-16-15(14)9-10-19(2)17(16)7-8-18(19)20;1-18-9-8-14-13-5-3-12(19)10-11(13)2-4-15(14)16(18)6-7-17(18)20/h4,6,12,15,18-20H,5,7-11,13H2,1-3H3;3,5,13,17-19H,4,6-12H2,1-2H3;3,5,8,10,13,17-19H,4,6-7,9,11-12H2,1-2H3;3,5,11,15-17H,4,6-10H2,1-2H3;3,5,10,14-16,19H,2,4,6-9H2,1H3/t15?,18?,19?,20?,21-;2*17?,18?,19?,20-;15?,16?,17?,19-;14?,15?,16?,18-/m00000/s1. The number of aryl methyl sites for hydroxylation is 9. The van der Waals surface area contributed by atoms with Gasteiger partial charge in [-0.3, -0.25) is 9.59 Å². The molecule has 12 fully saturated rings. The van der Waals surface area contributed by atoms with E-state index in [1.165, 1.54) is 149 Å². The number of Topliss-reactive ketones (excluding diaryl/α,β-unsaturated/α-hetero) is 2. The van der Waals surface area contributed by atoms with E-state index in [9.17, 15) is 14.7 Å². The van der Waals surface area contributed by atoms with Gasteiger partial charge in [0, 0.05) is 52.3 Å². The highest BCUT2D eigenvalue weighted by molar-refractivity contribution is 5.88. The van der Waals surface area contributed by atoms with Gasteiger partial charge in [-0.15, -0.1) is 0 Å². The Morgan fingerprint density at radius 2 is 0.727 bits per heavy atom. The largest absolute Gasteiger partial charge is 0.508 e. The molecular formula is C101H130O9. The summed E-state index contributed by atoms with van der Waals surface area (Å²) in [6.45, 7) is 27.7. The van der Waals surface area contributed by atoms with Gasteiger partial charge in [0.2, 0.25) is 0 Å². The quantitative estimate of drug-likeness (QED) is 0.152. The number of ketones is 2. The summed E-state index contributed by atoms with van der Waals surface area (Å²) >= 11 is 0. The third-order valence-electron chi connectivity index (χ3n) is 35.9. The van der Waals surface area contributed by atoms with Crippen LogP contribution in [-0.4, -0.2) is 73.7 Å². The number of benzene rings is 5. The average Bonchev–Trinajstić information content (AvgIpc) is 1.53. The molecule has 9 saturated carbocycles. The van der Waals surface area contributed by atoms with Gasteiger partial charge in [-0.05, 0) is 344 Å². The fraction of sp³-hybridized carbons (Fsp3) is 0.663. The van der Waals surface area contributed by atoms with Crippen molar-refractivity contribution in [3.8, 4) is 5.75 Å². The summed E-state index contributed by atoms with van der Waals surface area (Å²) in [5, 5.41) is 9.67. The molecule has 16 unspecified atom stereocenters. The molecule has 3 spiro atoms. The molecule has 110 heavy (non-hydrogen) atoms. The van der Waals surface area contributed by atoms with Crippen LogP contribution >= 0.6 is 0 Å². The molecule has 9 nitrogen and oxygen atoms in total. The smallest absolute Gasteiger partial charge is 0.193 e. The Bertz CT molecular complexity index is 4280. The topological polar surface area (TPSA) is 110 Å². The van der Waals surface area contributed by atoms with Crippen molar-refractivity contribution in [2.75, 3.05) is 39.6 Å². The van der Waals surface area contributed by atoms with Gasteiger partial charge in [-0.1, -0.05) is 149 Å². The first-order valence-electron chi connectivity index (χ1n) is 44.8. The third-order valence-corrected chi connectivity index (χ3v) is 35.9. The number of hydrogen-bond donors (Lipinski definition) is 1. The van der Waals surface area contributed by atoms with Crippen molar-refractivity contribution in [1.82, 2.24) is 0 Å². The Balaban J connectivity index is 0.0000000933.